The molecule has 0 aromatic carbocycles. The van der Waals surface area contributed by atoms with Gasteiger partial charge in [-0.1, -0.05) is 13.8 Å². The summed E-state index contributed by atoms with van der Waals surface area (Å²) in [6, 6.07) is 2.06. The summed E-state index contributed by atoms with van der Waals surface area (Å²) in [4.78, 5) is 12.9. The van der Waals surface area contributed by atoms with Crippen LogP contribution in [0.5, 0.6) is 0 Å². The molecule has 0 unspecified atom stereocenters. The molecule has 0 bridgehead atoms. The Balaban J connectivity index is 2.10. The zero-order chi connectivity index (χ0) is 14.0. The van der Waals surface area contributed by atoms with Crippen LogP contribution in [0.4, 0.5) is 0 Å². The second-order valence-corrected chi connectivity index (χ2v) is 7.99. The SMILES string of the molecule is CC(C)C1CCC(Cc2cc(Br)cs2)(C(=O)O)CC1. The third-order valence-corrected chi connectivity index (χ3v) is 6.22. The molecule has 0 saturated heterocycles. The smallest absolute Gasteiger partial charge is 0.309 e. The quantitative estimate of drug-likeness (QED) is 0.836. The van der Waals surface area contributed by atoms with E-state index in [1.165, 1.54) is 4.88 Å². The van der Waals surface area contributed by atoms with Crippen molar-refractivity contribution in [2.45, 2.75) is 46.0 Å². The highest BCUT2D eigenvalue weighted by Gasteiger charge is 2.42. The predicted octanol–water partition coefficient (Wildman–Crippen LogP) is 4.97. The Bertz CT molecular complexity index is 445. The van der Waals surface area contributed by atoms with Crippen molar-refractivity contribution in [3.63, 3.8) is 0 Å². The molecule has 1 saturated carbocycles. The van der Waals surface area contributed by atoms with E-state index in [9.17, 15) is 9.90 Å². The molecule has 0 aliphatic heterocycles. The third kappa shape index (κ3) is 3.40. The highest BCUT2D eigenvalue weighted by molar-refractivity contribution is 9.10. The Morgan fingerprint density at radius 1 is 1.53 bits per heavy atom. The number of thiophene rings is 1. The summed E-state index contributed by atoms with van der Waals surface area (Å²) in [7, 11) is 0. The van der Waals surface area contributed by atoms with Crippen molar-refractivity contribution in [3.8, 4) is 0 Å². The van der Waals surface area contributed by atoms with E-state index >= 15 is 0 Å². The summed E-state index contributed by atoms with van der Waals surface area (Å²) in [5.41, 5.74) is -0.532. The molecule has 1 N–H and O–H groups in total. The zero-order valence-electron chi connectivity index (χ0n) is 11.5. The van der Waals surface area contributed by atoms with Crippen LogP contribution in [0.25, 0.3) is 0 Å². The summed E-state index contributed by atoms with van der Waals surface area (Å²) in [6.07, 6.45) is 4.43. The maximum atomic E-state index is 11.8. The normalized spacial score (nSPS) is 27.7. The fourth-order valence-corrected chi connectivity index (χ4v) is 4.70. The third-order valence-electron chi connectivity index (χ3n) is 4.52. The number of halogens is 1. The van der Waals surface area contributed by atoms with Crippen LogP contribution in [0.1, 0.15) is 44.4 Å². The van der Waals surface area contributed by atoms with Crippen molar-refractivity contribution in [2.24, 2.45) is 17.3 Å². The highest BCUT2D eigenvalue weighted by atomic mass is 79.9. The molecular weight excluding hydrogens is 324 g/mol. The average Bonchev–Trinajstić information content (AvgIpc) is 2.75. The minimum absolute atomic E-state index is 0.532. The molecule has 1 fully saturated rings. The monoisotopic (exact) mass is 344 g/mol. The van der Waals surface area contributed by atoms with E-state index in [1.807, 2.05) is 5.38 Å². The molecule has 106 valence electrons. The van der Waals surface area contributed by atoms with Gasteiger partial charge in [-0.15, -0.1) is 11.3 Å². The number of hydrogen-bond acceptors (Lipinski definition) is 2. The van der Waals surface area contributed by atoms with Crippen LogP contribution >= 0.6 is 27.3 Å². The largest absolute Gasteiger partial charge is 0.481 e. The molecule has 0 radical (unpaired) electrons. The Morgan fingerprint density at radius 2 is 2.16 bits per heavy atom. The Kier molecular flexibility index (Phi) is 4.72. The van der Waals surface area contributed by atoms with E-state index in [1.54, 1.807) is 11.3 Å². The average molecular weight is 345 g/mol. The molecule has 0 atom stereocenters. The van der Waals surface area contributed by atoms with Crippen molar-refractivity contribution in [3.05, 3.63) is 20.8 Å². The number of rotatable bonds is 4. The van der Waals surface area contributed by atoms with E-state index < -0.39 is 11.4 Å². The van der Waals surface area contributed by atoms with Gasteiger partial charge in [-0.2, -0.15) is 0 Å². The van der Waals surface area contributed by atoms with Crippen molar-refractivity contribution in [1.29, 1.82) is 0 Å². The molecule has 1 aromatic heterocycles. The van der Waals surface area contributed by atoms with E-state index in [4.69, 9.17) is 0 Å². The van der Waals surface area contributed by atoms with Gasteiger partial charge in [-0.05, 0) is 65.9 Å². The lowest BCUT2D eigenvalue weighted by molar-refractivity contribution is -0.151. The maximum absolute atomic E-state index is 11.8. The zero-order valence-corrected chi connectivity index (χ0v) is 13.9. The van der Waals surface area contributed by atoms with Crippen LogP contribution in [0.2, 0.25) is 0 Å². The lowest BCUT2D eigenvalue weighted by Gasteiger charge is -2.38. The first kappa shape index (κ1) is 15.0. The van der Waals surface area contributed by atoms with Gasteiger partial charge in [0.05, 0.1) is 5.41 Å². The lowest BCUT2D eigenvalue weighted by atomic mass is 9.66. The lowest BCUT2D eigenvalue weighted by Crippen LogP contribution is -2.38. The van der Waals surface area contributed by atoms with Gasteiger partial charge in [0.25, 0.3) is 0 Å². The molecular formula is C15H21BrO2S. The van der Waals surface area contributed by atoms with E-state index in [0.29, 0.717) is 18.3 Å². The molecule has 1 aliphatic carbocycles. The Hall–Kier alpha value is -0.350. The maximum Gasteiger partial charge on any atom is 0.309 e. The first-order valence-corrected chi connectivity index (χ1v) is 8.56. The summed E-state index contributed by atoms with van der Waals surface area (Å²) < 4.78 is 1.06. The van der Waals surface area contributed by atoms with Gasteiger partial charge in [-0.3, -0.25) is 4.79 Å². The van der Waals surface area contributed by atoms with E-state index in [-0.39, 0.29) is 0 Å². The number of hydrogen-bond donors (Lipinski definition) is 1. The van der Waals surface area contributed by atoms with Crippen molar-refractivity contribution in [1.82, 2.24) is 0 Å². The molecule has 4 heteroatoms. The molecule has 1 aliphatic rings. The summed E-state index contributed by atoms with van der Waals surface area (Å²) in [5, 5.41) is 11.7. The van der Waals surface area contributed by atoms with Gasteiger partial charge >= 0.3 is 5.97 Å². The minimum Gasteiger partial charge on any atom is -0.481 e. The second-order valence-electron chi connectivity index (χ2n) is 6.07. The van der Waals surface area contributed by atoms with Gasteiger partial charge in [0.1, 0.15) is 0 Å². The van der Waals surface area contributed by atoms with Gasteiger partial charge < -0.3 is 5.11 Å². The standard InChI is InChI=1S/C15H21BrO2S/c1-10(2)11-3-5-15(6-4-11,14(17)18)8-13-7-12(16)9-19-13/h7,9-11H,3-6,8H2,1-2H3,(H,17,18). The number of carbonyl (C=O) groups is 1. The number of carboxylic acids is 1. The fraction of sp³-hybridized carbons (Fsp3) is 0.667. The minimum atomic E-state index is -0.612. The van der Waals surface area contributed by atoms with Crippen LogP contribution in [-0.4, -0.2) is 11.1 Å². The van der Waals surface area contributed by atoms with Crippen LogP contribution in [0, 0.1) is 17.3 Å². The number of carboxylic acid groups (broad SMARTS) is 1. The second kappa shape index (κ2) is 5.96. The van der Waals surface area contributed by atoms with Gasteiger partial charge in [0.2, 0.25) is 0 Å². The molecule has 1 aromatic rings. The van der Waals surface area contributed by atoms with Gasteiger partial charge in [0, 0.05) is 14.7 Å². The molecule has 1 heterocycles. The first-order valence-electron chi connectivity index (χ1n) is 6.89. The van der Waals surface area contributed by atoms with Crippen LogP contribution < -0.4 is 0 Å². The van der Waals surface area contributed by atoms with E-state index in [2.05, 4.69) is 35.8 Å². The highest BCUT2D eigenvalue weighted by Crippen LogP contribution is 2.44. The summed E-state index contributed by atoms with van der Waals surface area (Å²) in [5.74, 6) is 0.754. The van der Waals surface area contributed by atoms with Crippen LogP contribution in [-0.2, 0) is 11.2 Å². The summed E-state index contributed by atoms with van der Waals surface area (Å²) in [6.45, 7) is 4.49. The molecule has 2 rings (SSSR count). The van der Waals surface area contributed by atoms with Crippen molar-refractivity contribution >= 4 is 33.2 Å². The molecule has 19 heavy (non-hydrogen) atoms. The topological polar surface area (TPSA) is 37.3 Å². The van der Waals surface area contributed by atoms with Gasteiger partial charge in [0.15, 0.2) is 0 Å². The van der Waals surface area contributed by atoms with Gasteiger partial charge in [-0.25, -0.2) is 0 Å². The Morgan fingerprint density at radius 3 is 2.58 bits per heavy atom. The van der Waals surface area contributed by atoms with Crippen molar-refractivity contribution in [2.75, 3.05) is 0 Å². The fourth-order valence-electron chi connectivity index (χ4n) is 3.11. The van der Waals surface area contributed by atoms with E-state index in [0.717, 1.165) is 30.2 Å². The summed E-state index contributed by atoms with van der Waals surface area (Å²) >= 11 is 5.10. The van der Waals surface area contributed by atoms with Crippen LogP contribution in [0.3, 0.4) is 0 Å². The van der Waals surface area contributed by atoms with Crippen LogP contribution in [0.15, 0.2) is 15.9 Å². The van der Waals surface area contributed by atoms with Crippen molar-refractivity contribution < 1.29 is 9.90 Å². The number of aliphatic carboxylic acids is 1. The molecule has 0 spiro atoms. The predicted molar refractivity (Wildman–Crippen MR) is 82.6 cm³/mol. The first-order chi connectivity index (χ1) is 8.93. The molecule has 2 nitrogen and oxygen atoms in total. The molecule has 0 amide bonds. The Labute approximate surface area is 127 Å².